The first kappa shape index (κ1) is 14.4. The lowest BCUT2D eigenvalue weighted by molar-refractivity contribution is -0.141. The summed E-state index contributed by atoms with van der Waals surface area (Å²) in [6.45, 7) is 0. The molecule has 7 nitrogen and oxygen atoms in total. The number of carbonyl (C=O) groups is 2. The molecule has 1 aromatic rings. The third-order valence-corrected chi connectivity index (χ3v) is 2.50. The Hall–Kier alpha value is -1.70. The fourth-order valence-corrected chi connectivity index (χ4v) is 1.50. The molecule has 8 heteroatoms. The molecule has 0 bridgehead atoms. The van der Waals surface area contributed by atoms with E-state index in [0.29, 0.717) is 0 Å². The van der Waals surface area contributed by atoms with E-state index >= 15 is 0 Å². The van der Waals surface area contributed by atoms with Crippen molar-refractivity contribution in [2.75, 3.05) is 0 Å². The lowest BCUT2D eigenvalue weighted by atomic mass is 10.0. The maximum absolute atomic E-state index is 10.7. The number of carboxylic acid groups (broad SMARTS) is 2. The Morgan fingerprint density at radius 2 is 1.94 bits per heavy atom. The lowest BCUT2D eigenvalue weighted by Crippen LogP contribution is -2.22. The summed E-state index contributed by atoms with van der Waals surface area (Å²) < 4.78 is 0. The van der Waals surface area contributed by atoms with Crippen LogP contribution >= 0.6 is 11.6 Å². The van der Waals surface area contributed by atoms with Gasteiger partial charge in [-0.15, -0.1) is 0 Å². The molecular formula is C10H10ClNO6. The van der Waals surface area contributed by atoms with E-state index in [1.165, 1.54) is 0 Å². The van der Waals surface area contributed by atoms with Crippen molar-refractivity contribution >= 4 is 23.5 Å². The van der Waals surface area contributed by atoms with E-state index in [9.17, 15) is 19.8 Å². The number of aromatic nitrogens is 1. The van der Waals surface area contributed by atoms with Crippen molar-refractivity contribution in [2.24, 2.45) is 0 Å². The van der Waals surface area contributed by atoms with Crippen LogP contribution in [-0.4, -0.2) is 43.5 Å². The SMILES string of the molecule is O=C(O)CC(O)C(O)c1cc(C(=O)O)cnc1Cl. The molecule has 2 atom stereocenters. The monoisotopic (exact) mass is 275 g/mol. The number of aromatic carboxylic acids is 1. The highest BCUT2D eigenvalue weighted by molar-refractivity contribution is 6.30. The number of hydrogen-bond donors (Lipinski definition) is 4. The summed E-state index contributed by atoms with van der Waals surface area (Å²) >= 11 is 5.65. The van der Waals surface area contributed by atoms with Crippen LogP contribution in [0.5, 0.6) is 0 Å². The van der Waals surface area contributed by atoms with Gasteiger partial charge in [0.2, 0.25) is 0 Å². The van der Waals surface area contributed by atoms with Crippen LogP contribution in [0.2, 0.25) is 5.15 Å². The largest absolute Gasteiger partial charge is 0.481 e. The second kappa shape index (κ2) is 5.76. The van der Waals surface area contributed by atoms with Gasteiger partial charge >= 0.3 is 11.9 Å². The van der Waals surface area contributed by atoms with Crippen LogP contribution in [0.3, 0.4) is 0 Å². The van der Waals surface area contributed by atoms with Gasteiger partial charge in [-0.3, -0.25) is 4.79 Å². The van der Waals surface area contributed by atoms with Crippen LogP contribution in [0, 0.1) is 0 Å². The Balaban J connectivity index is 3.03. The summed E-state index contributed by atoms with van der Waals surface area (Å²) in [6, 6.07) is 1.04. The Morgan fingerprint density at radius 1 is 1.33 bits per heavy atom. The topological polar surface area (TPSA) is 128 Å². The predicted molar refractivity (Wildman–Crippen MR) is 59.4 cm³/mol. The number of rotatable bonds is 5. The minimum atomic E-state index is -1.62. The fourth-order valence-electron chi connectivity index (χ4n) is 1.29. The molecule has 0 aliphatic carbocycles. The van der Waals surface area contributed by atoms with E-state index in [1.54, 1.807) is 0 Å². The smallest absolute Gasteiger partial charge is 0.337 e. The van der Waals surface area contributed by atoms with Crippen molar-refractivity contribution in [3.63, 3.8) is 0 Å². The number of aliphatic carboxylic acids is 1. The summed E-state index contributed by atoms with van der Waals surface area (Å²) in [6.07, 6.45) is -2.94. The molecule has 0 spiro atoms. The number of halogens is 1. The second-order valence-electron chi connectivity index (χ2n) is 3.52. The zero-order valence-electron chi connectivity index (χ0n) is 8.95. The first-order chi connectivity index (χ1) is 8.32. The first-order valence-corrected chi connectivity index (χ1v) is 5.17. The molecule has 2 unspecified atom stereocenters. The Kier molecular flexibility index (Phi) is 4.60. The van der Waals surface area contributed by atoms with Gasteiger partial charge in [-0.1, -0.05) is 11.6 Å². The normalized spacial score (nSPS) is 13.9. The van der Waals surface area contributed by atoms with E-state index in [0.717, 1.165) is 12.3 Å². The van der Waals surface area contributed by atoms with Gasteiger partial charge in [0.15, 0.2) is 0 Å². The molecule has 0 saturated carbocycles. The molecule has 0 saturated heterocycles. The molecule has 1 aromatic heterocycles. The molecule has 0 aromatic carbocycles. The van der Waals surface area contributed by atoms with Gasteiger partial charge in [-0.2, -0.15) is 0 Å². The zero-order chi connectivity index (χ0) is 13.9. The highest BCUT2D eigenvalue weighted by Gasteiger charge is 2.24. The summed E-state index contributed by atoms with van der Waals surface area (Å²) in [7, 11) is 0. The van der Waals surface area contributed by atoms with Gasteiger partial charge in [0, 0.05) is 11.8 Å². The first-order valence-electron chi connectivity index (χ1n) is 4.79. The predicted octanol–water partition coefficient (Wildman–Crippen LogP) is 0.302. The maximum atomic E-state index is 10.7. The molecule has 0 fully saturated rings. The van der Waals surface area contributed by atoms with E-state index in [4.69, 9.17) is 21.8 Å². The summed E-state index contributed by atoms with van der Waals surface area (Å²) in [5.74, 6) is -2.58. The van der Waals surface area contributed by atoms with Crippen LogP contribution in [0.4, 0.5) is 0 Å². The highest BCUT2D eigenvalue weighted by atomic mass is 35.5. The molecule has 98 valence electrons. The van der Waals surface area contributed by atoms with Crippen molar-refractivity contribution in [3.05, 3.63) is 28.5 Å². The standard InChI is InChI=1S/C10H10ClNO6/c11-9-5(1-4(3-12-9)10(17)18)8(16)6(13)2-7(14)15/h1,3,6,8,13,16H,2H2,(H,14,15)(H,17,18). The van der Waals surface area contributed by atoms with Gasteiger partial charge in [0.25, 0.3) is 0 Å². The van der Waals surface area contributed by atoms with Gasteiger partial charge in [-0.25, -0.2) is 9.78 Å². The molecule has 4 N–H and O–H groups in total. The van der Waals surface area contributed by atoms with Crippen LogP contribution in [0.15, 0.2) is 12.3 Å². The van der Waals surface area contributed by atoms with Crippen molar-refractivity contribution < 1.29 is 30.0 Å². The van der Waals surface area contributed by atoms with E-state index in [-0.39, 0.29) is 16.3 Å². The van der Waals surface area contributed by atoms with E-state index in [2.05, 4.69) is 4.98 Å². The van der Waals surface area contributed by atoms with Crippen molar-refractivity contribution in [1.29, 1.82) is 0 Å². The number of hydrogen-bond acceptors (Lipinski definition) is 5. The van der Waals surface area contributed by atoms with Gasteiger partial charge in [0.1, 0.15) is 11.3 Å². The third-order valence-electron chi connectivity index (χ3n) is 2.18. The molecule has 0 radical (unpaired) electrons. The average Bonchev–Trinajstić information content (AvgIpc) is 2.27. The highest BCUT2D eigenvalue weighted by Crippen LogP contribution is 2.25. The summed E-state index contributed by atoms with van der Waals surface area (Å²) in [5, 5.41) is 36.2. The molecule has 18 heavy (non-hydrogen) atoms. The van der Waals surface area contributed by atoms with Crippen molar-refractivity contribution in [3.8, 4) is 0 Å². The van der Waals surface area contributed by atoms with Crippen LogP contribution < -0.4 is 0 Å². The number of pyridine rings is 1. The number of aliphatic hydroxyl groups is 2. The minimum Gasteiger partial charge on any atom is -0.481 e. The average molecular weight is 276 g/mol. The number of carboxylic acids is 2. The number of aliphatic hydroxyl groups excluding tert-OH is 2. The minimum absolute atomic E-state index is 0.134. The van der Waals surface area contributed by atoms with Crippen molar-refractivity contribution in [1.82, 2.24) is 4.98 Å². The Labute approximate surface area is 106 Å². The second-order valence-corrected chi connectivity index (χ2v) is 3.88. The maximum Gasteiger partial charge on any atom is 0.337 e. The Bertz CT molecular complexity index is 477. The molecule has 1 heterocycles. The summed E-state index contributed by atoms with van der Waals surface area (Å²) in [5.41, 5.74) is -0.360. The molecule has 0 aliphatic rings. The third kappa shape index (κ3) is 3.39. The van der Waals surface area contributed by atoms with E-state index < -0.39 is 30.6 Å². The Morgan fingerprint density at radius 3 is 2.44 bits per heavy atom. The number of nitrogens with zero attached hydrogens (tertiary/aromatic N) is 1. The zero-order valence-corrected chi connectivity index (χ0v) is 9.70. The molecule has 0 amide bonds. The molecular weight excluding hydrogens is 266 g/mol. The summed E-state index contributed by atoms with van der Waals surface area (Å²) in [4.78, 5) is 24.7. The lowest BCUT2D eigenvalue weighted by Gasteiger charge is -2.17. The van der Waals surface area contributed by atoms with Gasteiger partial charge in [-0.05, 0) is 6.07 Å². The molecule has 0 aliphatic heterocycles. The quantitative estimate of drug-likeness (QED) is 0.569. The van der Waals surface area contributed by atoms with Crippen LogP contribution in [0.25, 0.3) is 0 Å². The van der Waals surface area contributed by atoms with Gasteiger partial charge < -0.3 is 20.4 Å². The van der Waals surface area contributed by atoms with Gasteiger partial charge in [0.05, 0.1) is 18.1 Å². The van der Waals surface area contributed by atoms with Crippen molar-refractivity contribution in [2.45, 2.75) is 18.6 Å². The fraction of sp³-hybridized carbons (Fsp3) is 0.300. The van der Waals surface area contributed by atoms with Crippen LogP contribution in [0.1, 0.15) is 28.4 Å². The van der Waals surface area contributed by atoms with E-state index in [1.807, 2.05) is 0 Å². The van der Waals surface area contributed by atoms with Crippen LogP contribution in [-0.2, 0) is 4.79 Å². The molecule has 1 rings (SSSR count).